The van der Waals surface area contributed by atoms with Crippen molar-refractivity contribution in [3.05, 3.63) is 70.7 Å². The molecule has 7 nitrogen and oxygen atoms in total. The van der Waals surface area contributed by atoms with Gasteiger partial charge in [-0.05, 0) is 68.0 Å². The van der Waals surface area contributed by atoms with Crippen molar-refractivity contribution in [3.8, 4) is 0 Å². The van der Waals surface area contributed by atoms with E-state index in [1.165, 1.54) is 4.90 Å². The zero-order valence-electron chi connectivity index (χ0n) is 21.1. The monoisotopic (exact) mass is 493 g/mol. The summed E-state index contributed by atoms with van der Waals surface area (Å²) in [6, 6.07) is 12.4. The number of carbonyl (C=O) groups is 2. The number of anilines is 1. The van der Waals surface area contributed by atoms with Crippen molar-refractivity contribution in [3.63, 3.8) is 0 Å². The first-order chi connectivity index (χ1) is 17.3. The van der Waals surface area contributed by atoms with Crippen molar-refractivity contribution in [1.29, 1.82) is 0 Å². The normalized spacial score (nSPS) is 23.6. The van der Waals surface area contributed by atoms with Gasteiger partial charge in [-0.3, -0.25) is 14.5 Å². The largest absolute Gasteiger partial charge is 0.459 e. The number of hydrogen-bond donors (Lipinski definition) is 3. The van der Waals surface area contributed by atoms with Gasteiger partial charge >= 0.3 is 0 Å². The molecule has 0 spiro atoms. The first-order valence-corrected chi connectivity index (χ1v) is 12.6. The molecule has 4 atom stereocenters. The Kier molecular flexibility index (Phi) is 7.93. The van der Waals surface area contributed by atoms with E-state index in [0.717, 1.165) is 11.1 Å². The third-order valence-electron chi connectivity index (χ3n) is 7.43. The van der Waals surface area contributed by atoms with Crippen LogP contribution >= 0.6 is 0 Å². The summed E-state index contributed by atoms with van der Waals surface area (Å²) in [5.74, 6) is -1.19. The molecule has 1 aliphatic heterocycles. The average Bonchev–Trinajstić information content (AvgIpc) is 3.43. The Morgan fingerprint density at radius 3 is 2.44 bits per heavy atom. The molecule has 1 aliphatic carbocycles. The van der Waals surface area contributed by atoms with E-state index in [0.29, 0.717) is 42.0 Å². The lowest BCUT2D eigenvalue weighted by molar-refractivity contribution is -0.123. The molecular formula is C29H35NO6. The Morgan fingerprint density at radius 2 is 1.83 bits per heavy atom. The number of fused-ring (bicyclic) bond motifs is 1. The number of para-hydroxylation sites is 1. The maximum atomic E-state index is 13.5. The van der Waals surface area contributed by atoms with E-state index in [1.807, 2.05) is 32.9 Å². The number of carbonyl (C=O) groups excluding carboxylic acids is 2. The first-order valence-electron chi connectivity index (χ1n) is 12.6. The summed E-state index contributed by atoms with van der Waals surface area (Å²) >= 11 is 0. The molecule has 0 saturated carbocycles. The zero-order chi connectivity index (χ0) is 26.0. The molecular weight excluding hydrogens is 458 g/mol. The molecule has 2 aliphatic rings. The number of allylic oxidation sites excluding steroid dienone is 2. The van der Waals surface area contributed by atoms with Gasteiger partial charge in [-0.15, -0.1) is 0 Å². The summed E-state index contributed by atoms with van der Waals surface area (Å²) in [6.45, 7) is 5.52. The van der Waals surface area contributed by atoms with Crippen molar-refractivity contribution in [2.24, 2.45) is 23.7 Å². The Morgan fingerprint density at radius 1 is 1.11 bits per heavy atom. The van der Waals surface area contributed by atoms with Crippen molar-refractivity contribution in [1.82, 2.24) is 0 Å². The molecule has 1 saturated heterocycles. The number of furan rings is 1. The van der Waals surface area contributed by atoms with Crippen LogP contribution in [0.5, 0.6) is 0 Å². The Balaban J connectivity index is 1.58. The number of imide groups is 1. The summed E-state index contributed by atoms with van der Waals surface area (Å²) in [6.07, 6.45) is 2.44. The second-order valence-electron chi connectivity index (χ2n) is 10.1. The third kappa shape index (κ3) is 4.96. The molecule has 36 heavy (non-hydrogen) atoms. The van der Waals surface area contributed by atoms with Gasteiger partial charge < -0.3 is 19.7 Å². The van der Waals surface area contributed by atoms with Gasteiger partial charge in [0.2, 0.25) is 11.8 Å². The Hall–Kier alpha value is -3.00. The van der Waals surface area contributed by atoms with E-state index in [9.17, 15) is 24.9 Å². The number of amides is 2. The van der Waals surface area contributed by atoms with Gasteiger partial charge in [0.1, 0.15) is 18.1 Å². The van der Waals surface area contributed by atoms with E-state index >= 15 is 0 Å². The van der Waals surface area contributed by atoms with E-state index in [1.54, 1.807) is 36.4 Å². The molecule has 3 N–H and O–H groups in total. The second kappa shape index (κ2) is 10.9. The minimum atomic E-state index is -0.845. The molecule has 1 aromatic carbocycles. The standard InChI is InChI=1S/C29H35NO6/c1-17(2)22-14-23-27(29(35)30(28(23)34)19-7-5-4-6-8-19)24(16-32)26(22)25(33)12-9-18(3)13-20-10-11-21(15-31)36-20/h4-8,10-11,13,17,23-25,27,31-33H,9,12,14-16H2,1-3H3/b18-13+/t23-,24+,25-,27-/m1/s1. The van der Waals surface area contributed by atoms with Crippen LogP contribution in [0.25, 0.3) is 6.08 Å². The Bertz CT molecular complexity index is 1160. The van der Waals surface area contributed by atoms with Gasteiger partial charge in [-0.2, -0.15) is 0 Å². The van der Waals surface area contributed by atoms with Gasteiger partial charge in [0.25, 0.3) is 0 Å². The summed E-state index contributed by atoms with van der Waals surface area (Å²) < 4.78 is 5.52. The molecule has 2 heterocycles. The minimum absolute atomic E-state index is 0.0648. The van der Waals surface area contributed by atoms with Gasteiger partial charge in [-0.1, -0.05) is 43.2 Å². The molecule has 192 valence electrons. The molecule has 4 rings (SSSR count). The molecule has 2 amide bonds. The van der Waals surface area contributed by atoms with Gasteiger partial charge in [0.05, 0.1) is 30.2 Å². The highest BCUT2D eigenvalue weighted by Gasteiger charge is 2.55. The van der Waals surface area contributed by atoms with E-state index in [2.05, 4.69) is 0 Å². The van der Waals surface area contributed by atoms with E-state index in [4.69, 9.17) is 4.42 Å². The van der Waals surface area contributed by atoms with Crippen LogP contribution in [0.4, 0.5) is 5.69 Å². The number of aliphatic hydroxyl groups is 3. The van der Waals surface area contributed by atoms with Crippen LogP contribution in [0.2, 0.25) is 0 Å². The summed E-state index contributed by atoms with van der Waals surface area (Å²) in [5, 5.41) is 31.0. The highest BCUT2D eigenvalue weighted by Crippen LogP contribution is 2.48. The van der Waals surface area contributed by atoms with Gasteiger partial charge in [-0.25, -0.2) is 0 Å². The summed E-state index contributed by atoms with van der Waals surface area (Å²) in [5.41, 5.74) is 3.20. The van der Waals surface area contributed by atoms with Crippen LogP contribution in [0.3, 0.4) is 0 Å². The second-order valence-corrected chi connectivity index (χ2v) is 10.1. The topological polar surface area (TPSA) is 111 Å². The van der Waals surface area contributed by atoms with Crippen LogP contribution in [-0.2, 0) is 16.2 Å². The maximum absolute atomic E-state index is 13.5. The van der Waals surface area contributed by atoms with Crippen molar-refractivity contribution < 1.29 is 29.3 Å². The van der Waals surface area contributed by atoms with Crippen LogP contribution in [-0.4, -0.2) is 39.8 Å². The number of benzene rings is 1. The average molecular weight is 494 g/mol. The summed E-state index contributed by atoms with van der Waals surface area (Å²) in [4.78, 5) is 28.1. The van der Waals surface area contributed by atoms with Crippen LogP contribution in [0, 0.1) is 23.7 Å². The summed E-state index contributed by atoms with van der Waals surface area (Å²) in [7, 11) is 0. The highest BCUT2D eigenvalue weighted by molar-refractivity contribution is 6.22. The predicted molar refractivity (Wildman–Crippen MR) is 136 cm³/mol. The predicted octanol–water partition coefficient (Wildman–Crippen LogP) is 4.09. The number of nitrogens with zero attached hydrogens (tertiary/aromatic N) is 1. The molecule has 2 aromatic rings. The lowest BCUT2D eigenvalue weighted by Crippen LogP contribution is -2.39. The van der Waals surface area contributed by atoms with E-state index in [-0.39, 0.29) is 30.9 Å². The zero-order valence-corrected chi connectivity index (χ0v) is 21.1. The fourth-order valence-corrected chi connectivity index (χ4v) is 5.67. The van der Waals surface area contributed by atoms with Crippen LogP contribution in [0.15, 0.2) is 63.6 Å². The highest BCUT2D eigenvalue weighted by atomic mass is 16.4. The quantitative estimate of drug-likeness (QED) is 0.358. The van der Waals surface area contributed by atoms with Gasteiger partial charge in [0.15, 0.2) is 0 Å². The molecule has 1 fully saturated rings. The van der Waals surface area contributed by atoms with Crippen LogP contribution in [0.1, 0.15) is 51.6 Å². The SMILES string of the molecule is C/C(=C\c1ccc(CO)o1)CC[C@@H](O)C1=C(C(C)C)C[C@H]2C(=O)N(c3ccccc3)C(=O)[C@H]2[C@H]1CO. The maximum Gasteiger partial charge on any atom is 0.238 e. The van der Waals surface area contributed by atoms with Gasteiger partial charge in [0, 0.05) is 5.92 Å². The van der Waals surface area contributed by atoms with Crippen molar-refractivity contribution >= 4 is 23.6 Å². The fourth-order valence-electron chi connectivity index (χ4n) is 5.67. The number of rotatable bonds is 9. The van der Waals surface area contributed by atoms with E-state index < -0.39 is 23.9 Å². The number of aliphatic hydroxyl groups excluding tert-OH is 3. The van der Waals surface area contributed by atoms with Crippen molar-refractivity contribution in [2.75, 3.05) is 11.5 Å². The Labute approximate surface area is 211 Å². The lowest BCUT2D eigenvalue weighted by Gasteiger charge is -2.38. The first kappa shape index (κ1) is 26.1. The lowest BCUT2D eigenvalue weighted by atomic mass is 9.66. The minimum Gasteiger partial charge on any atom is -0.459 e. The molecule has 7 heteroatoms. The molecule has 0 bridgehead atoms. The molecule has 1 aromatic heterocycles. The third-order valence-corrected chi connectivity index (χ3v) is 7.43. The molecule has 0 unspecified atom stereocenters. The molecule has 0 radical (unpaired) electrons. The van der Waals surface area contributed by atoms with Crippen molar-refractivity contribution in [2.45, 2.75) is 52.7 Å². The van der Waals surface area contributed by atoms with Crippen LogP contribution < -0.4 is 4.90 Å². The number of hydrogen-bond acceptors (Lipinski definition) is 6. The smallest absolute Gasteiger partial charge is 0.238 e. The fraction of sp³-hybridized carbons (Fsp3) is 0.448.